The van der Waals surface area contributed by atoms with Crippen LogP contribution in [0, 0.1) is 0 Å². The first-order chi connectivity index (χ1) is 8.60. The predicted octanol–water partition coefficient (Wildman–Crippen LogP) is 4.79. The number of nitrogens with one attached hydrogen (secondary N) is 1. The van der Waals surface area contributed by atoms with Crippen molar-refractivity contribution < 1.29 is 0 Å². The van der Waals surface area contributed by atoms with Gasteiger partial charge in [-0.1, -0.05) is 30.1 Å². The second kappa shape index (κ2) is 6.02. The van der Waals surface area contributed by atoms with Crippen molar-refractivity contribution in [3.63, 3.8) is 0 Å². The third-order valence-corrected chi connectivity index (χ3v) is 4.24. The normalized spacial score (nSPS) is 12.7. The molecule has 0 spiro atoms. The maximum Gasteiger partial charge on any atom is 0.123 e. The number of nitrogens with zero attached hydrogens (tertiary/aromatic N) is 1. The molecule has 0 radical (unpaired) electrons. The molecule has 1 aromatic heterocycles. The fourth-order valence-corrected chi connectivity index (χ4v) is 3.16. The quantitative estimate of drug-likeness (QED) is 0.878. The van der Waals surface area contributed by atoms with Gasteiger partial charge in [-0.15, -0.1) is 11.3 Å². The zero-order chi connectivity index (χ0) is 13.1. The van der Waals surface area contributed by atoms with Crippen molar-refractivity contribution in [2.45, 2.75) is 19.9 Å². The van der Waals surface area contributed by atoms with Gasteiger partial charge in [0.05, 0.1) is 0 Å². The topological polar surface area (TPSA) is 24.9 Å². The van der Waals surface area contributed by atoms with Crippen molar-refractivity contribution >= 4 is 34.5 Å². The van der Waals surface area contributed by atoms with Crippen molar-refractivity contribution in [2.24, 2.45) is 0 Å². The van der Waals surface area contributed by atoms with E-state index < -0.39 is 0 Å². The van der Waals surface area contributed by atoms with E-state index in [2.05, 4.69) is 24.1 Å². The van der Waals surface area contributed by atoms with Crippen LogP contribution in [0.1, 0.15) is 24.8 Å². The van der Waals surface area contributed by atoms with E-state index in [-0.39, 0.29) is 0 Å². The summed E-state index contributed by atoms with van der Waals surface area (Å²) in [5.74, 6) is 0. The summed E-state index contributed by atoms with van der Waals surface area (Å²) in [7, 11) is 0. The Morgan fingerprint density at radius 1 is 1.28 bits per heavy atom. The summed E-state index contributed by atoms with van der Waals surface area (Å²) >= 11 is 13.7. The molecule has 0 fully saturated rings. The molecule has 1 unspecified atom stereocenters. The highest BCUT2D eigenvalue weighted by Crippen LogP contribution is 2.32. The van der Waals surface area contributed by atoms with Gasteiger partial charge >= 0.3 is 0 Å². The van der Waals surface area contributed by atoms with Gasteiger partial charge in [0.2, 0.25) is 0 Å². The third kappa shape index (κ3) is 3.23. The van der Waals surface area contributed by atoms with Crippen LogP contribution >= 0.6 is 34.5 Å². The Balaban J connectivity index is 2.29. The summed E-state index contributed by atoms with van der Waals surface area (Å²) in [4.78, 5) is 5.64. The van der Waals surface area contributed by atoms with E-state index in [9.17, 15) is 0 Å². The largest absolute Gasteiger partial charge is 0.310 e. The van der Waals surface area contributed by atoms with Gasteiger partial charge in [0.25, 0.3) is 0 Å². The highest BCUT2D eigenvalue weighted by molar-refractivity contribution is 7.15. The second-order valence-corrected chi connectivity index (χ2v) is 5.94. The number of aromatic nitrogens is 1. The maximum atomic E-state index is 6.00. The number of hydrogen-bond acceptors (Lipinski definition) is 3. The van der Waals surface area contributed by atoms with E-state index >= 15 is 0 Å². The first-order valence-electron chi connectivity index (χ1n) is 5.75. The highest BCUT2D eigenvalue weighted by Gasteiger charge is 2.11. The summed E-state index contributed by atoms with van der Waals surface area (Å²) in [5, 5.41) is 5.58. The van der Waals surface area contributed by atoms with E-state index in [1.807, 2.05) is 18.3 Å². The summed E-state index contributed by atoms with van der Waals surface area (Å²) < 4.78 is 0. The molecule has 0 bridgehead atoms. The molecule has 2 rings (SSSR count). The lowest BCUT2D eigenvalue weighted by Crippen LogP contribution is -2.16. The van der Waals surface area contributed by atoms with Crippen LogP contribution < -0.4 is 5.32 Å². The molecule has 2 aromatic rings. The molecule has 1 atom stereocenters. The Morgan fingerprint density at radius 3 is 2.56 bits per heavy atom. The summed E-state index contributed by atoms with van der Waals surface area (Å²) in [6.07, 6.45) is 1.90. The van der Waals surface area contributed by atoms with Gasteiger partial charge in [-0.25, -0.2) is 4.98 Å². The van der Waals surface area contributed by atoms with Crippen LogP contribution in [-0.2, 0) is 0 Å². The maximum absolute atomic E-state index is 6.00. The van der Waals surface area contributed by atoms with Gasteiger partial charge in [-0.2, -0.15) is 0 Å². The molecule has 0 aliphatic carbocycles. The average Bonchev–Trinajstić information content (AvgIpc) is 2.77. The minimum Gasteiger partial charge on any atom is -0.310 e. The van der Waals surface area contributed by atoms with E-state index in [1.165, 1.54) is 4.88 Å². The minimum absolute atomic E-state index is 0.316. The zero-order valence-electron chi connectivity index (χ0n) is 10.2. The Labute approximate surface area is 121 Å². The second-order valence-electron chi connectivity index (χ2n) is 4.01. The molecular formula is C13H14Cl2N2S. The molecule has 2 nitrogen and oxygen atoms in total. The highest BCUT2D eigenvalue weighted by atomic mass is 35.5. The summed E-state index contributed by atoms with van der Waals surface area (Å²) in [6, 6.07) is 5.81. The lowest BCUT2D eigenvalue weighted by molar-refractivity contribution is 0.606. The molecule has 0 saturated carbocycles. The third-order valence-electron chi connectivity index (χ3n) is 2.57. The van der Waals surface area contributed by atoms with E-state index in [4.69, 9.17) is 23.2 Å². The number of halogens is 2. The van der Waals surface area contributed by atoms with Gasteiger partial charge < -0.3 is 5.32 Å². The zero-order valence-corrected chi connectivity index (χ0v) is 12.5. The van der Waals surface area contributed by atoms with Crippen molar-refractivity contribution in [1.82, 2.24) is 10.3 Å². The molecule has 1 N–H and O–H groups in total. The van der Waals surface area contributed by atoms with E-state index in [1.54, 1.807) is 17.4 Å². The van der Waals surface area contributed by atoms with Crippen LogP contribution in [0.5, 0.6) is 0 Å². The van der Waals surface area contributed by atoms with Crippen molar-refractivity contribution in [1.29, 1.82) is 0 Å². The fraction of sp³-hybridized carbons (Fsp3) is 0.308. The monoisotopic (exact) mass is 300 g/mol. The lowest BCUT2D eigenvalue weighted by Gasteiger charge is -2.08. The number of benzene rings is 1. The van der Waals surface area contributed by atoms with Gasteiger partial charge in [0, 0.05) is 32.7 Å². The van der Waals surface area contributed by atoms with E-state index in [0.717, 1.165) is 17.1 Å². The van der Waals surface area contributed by atoms with Crippen molar-refractivity contribution in [2.75, 3.05) is 6.54 Å². The molecular weight excluding hydrogens is 287 g/mol. The first kappa shape index (κ1) is 13.8. The lowest BCUT2D eigenvalue weighted by atomic mass is 10.2. The SMILES string of the molecule is CCNC(C)c1cnc(-c2cc(Cl)cc(Cl)c2)s1. The number of rotatable bonds is 4. The smallest absolute Gasteiger partial charge is 0.123 e. The van der Waals surface area contributed by atoms with Crippen LogP contribution in [0.3, 0.4) is 0 Å². The van der Waals surface area contributed by atoms with Gasteiger partial charge in [0.15, 0.2) is 0 Å². The number of hydrogen-bond donors (Lipinski definition) is 1. The molecule has 5 heteroatoms. The molecule has 0 amide bonds. The van der Waals surface area contributed by atoms with Crippen LogP contribution in [0.25, 0.3) is 10.6 Å². The molecule has 0 saturated heterocycles. The van der Waals surface area contributed by atoms with Gasteiger partial charge in [-0.05, 0) is 31.7 Å². The first-order valence-corrected chi connectivity index (χ1v) is 7.33. The van der Waals surface area contributed by atoms with Crippen LogP contribution in [0.2, 0.25) is 10.0 Å². The van der Waals surface area contributed by atoms with Crippen LogP contribution in [0.15, 0.2) is 24.4 Å². The molecule has 0 aliphatic rings. The van der Waals surface area contributed by atoms with E-state index in [0.29, 0.717) is 16.1 Å². The molecule has 1 aromatic carbocycles. The standard InChI is InChI=1S/C13H14Cl2N2S/c1-3-16-8(2)12-7-17-13(18-12)9-4-10(14)6-11(15)5-9/h4-8,16H,3H2,1-2H3. The van der Waals surface area contributed by atoms with Crippen LogP contribution in [0.4, 0.5) is 0 Å². The Morgan fingerprint density at radius 2 is 1.94 bits per heavy atom. The van der Waals surface area contributed by atoms with Crippen molar-refractivity contribution in [3.8, 4) is 10.6 Å². The van der Waals surface area contributed by atoms with Gasteiger partial charge in [-0.3, -0.25) is 0 Å². The Bertz CT molecular complexity index is 519. The minimum atomic E-state index is 0.316. The predicted molar refractivity (Wildman–Crippen MR) is 79.7 cm³/mol. The van der Waals surface area contributed by atoms with Crippen LogP contribution in [-0.4, -0.2) is 11.5 Å². The summed E-state index contributed by atoms with van der Waals surface area (Å²) in [6.45, 7) is 5.17. The summed E-state index contributed by atoms with van der Waals surface area (Å²) in [5.41, 5.74) is 0.965. The Kier molecular flexibility index (Phi) is 4.62. The molecule has 96 valence electrons. The molecule has 0 aliphatic heterocycles. The van der Waals surface area contributed by atoms with Crippen molar-refractivity contribution in [3.05, 3.63) is 39.3 Å². The number of thiazole rings is 1. The Hall–Kier alpha value is -0.610. The molecule has 18 heavy (non-hydrogen) atoms. The molecule has 1 heterocycles. The fourth-order valence-electron chi connectivity index (χ4n) is 1.70. The van der Waals surface area contributed by atoms with Gasteiger partial charge in [0.1, 0.15) is 5.01 Å². The average molecular weight is 301 g/mol.